The molecule has 0 spiro atoms. The summed E-state index contributed by atoms with van der Waals surface area (Å²) in [4.78, 5) is 16.8. The van der Waals surface area contributed by atoms with Crippen molar-refractivity contribution in [2.45, 2.75) is 6.92 Å². The van der Waals surface area contributed by atoms with Crippen molar-refractivity contribution in [2.24, 2.45) is 0 Å². The minimum absolute atomic E-state index is 0.335. The first-order valence-corrected chi connectivity index (χ1v) is 7.78. The van der Waals surface area contributed by atoms with Gasteiger partial charge in [0.2, 0.25) is 0 Å². The number of rotatable bonds is 4. The predicted molar refractivity (Wildman–Crippen MR) is 97.5 cm³/mol. The summed E-state index contributed by atoms with van der Waals surface area (Å²) in [6.45, 7) is 2.13. The molecule has 4 nitrogen and oxygen atoms in total. The number of para-hydroxylation sites is 1. The van der Waals surface area contributed by atoms with Crippen molar-refractivity contribution in [3.05, 3.63) is 71.4 Å². The van der Waals surface area contributed by atoms with E-state index in [0.717, 1.165) is 22.2 Å². The Bertz CT molecular complexity index is 899. The molecule has 0 aliphatic heterocycles. The second-order valence-electron chi connectivity index (χ2n) is 5.33. The lowest BCUT2D eigenvalue weighted by atomic mass is 10.1. The van der Waals surface area contributed by atoms with E-state index >= 15 is 0 Å². The highest BCUT2D eigenvalue weighted by Crippen LogP contribution is 2.20. The number of carbonyl (C=O) groups excluding carboxylic acids is 1. The Balaban J connectivity index is 2.02. The number of esters is 1. The van der Waals surface area contributed by atoms with Crippen LogP contribution in [-0.4, -0.2) is 17.6 Å². The number of carbonyl (C=O) groups is 1. The second-order valence-corrected chi connectivity index (χ2v) is 5.33. The van der Waals surface area contributed by atoms with Gasteiger partial charge >= 0.3 is 5.97 Å². The highest BCUT2D eigenvalue weighted by atomic mass is 16.5. The first kappa shape index (κ1) is 15.7. The Hall–Kier alpha value is -3.14. The van der Waals surface area contributed by atoms with Crippen LogP contribution < -0.4 is 5.73 Å². The maximum Gasteiger partial charge on any atom is 0.338 e. The first-order chi connectivity index (χ1) is 11.7. The molecule has 24 heavy (non-hydrogen) atoms. The molecule has 0 amide bonds. The predicted octanol–water partition coefficient (Wildman–Crippen LogP) is 4.16. The molecule has 3 rings (SSSR count). The lowest BCUT2D eigenvalue weighted by Crippen LogP contribution is -2.06. The standard InChI is InChI=1S/C20H18N2O2/c1-2-24-20(23)18-13-16(22-19-6-4-3-5-17(18)19)12-9-14-7-10-15(21)11-8-14/h3-13H,2,21H2,1H3/b12-9+. The zero-order chi connectivity index (χ0) is 16.9. The minimum Gasteiger partial charge on any atom is -0.462 e. The van der Waals surface area contributed by atoms with E-state index in [1.807, 2.05) is 60.7 Å². The molecule has 0 saturated carbocycles. The number of benzene rings is 2. The van der Waals surface area contributed by atoms with Crippen molar-refractivity contribution >= 4 is 34.7 Å². The SMILES string of the molecule is CCOC(=O)c1cc(/C=C/c2ccc(N)cc2)nc2ccccc12. The molecule has 0 unspecified atom stereocenters. The van der Waals surface area contributed by atoms with Crippen molar-refractivity contribution in [2.75, 3.05) is 12.3 Å². The van der Waals surface area contributed by atoms with Crippen LogP contribution in [0.1, 0.15) is 28.5 Å². The van der Waals surface area contributed by atoms with Gasteiger partial charge in [-0.2, -0.15) is 0 Å². The van der Waals surface area contributed by atoms with Gasteiger partial charge in [0.15, 0.2) is 0 Å². The number of aromatic nitrogens is 1. The highest BCUT2D eigenvalue weighted by molar-refractivity contribution is 6.04. The molecule has 3 aromatic rings. The Morgan fingerprint density at radius 3 is 2.62 bits per heavy atom. The number of nitrogen functional groups attached to an aromatic ring is 1. The van der Waals surface area contributed by atoms with Crippen LogP contribution in [0, 0.1) is 0 Å². The molecule has 0 bridgehead atoms. The van der Waals surface area contributed by atoms with Crippen LogP contribution in [0.2, 0.25) is 0 Å². The molecule has 0 radical (unpaired) electrons. The molecular weight excluding hydrogens is 300 g/mol. The van der Waals surface area contributed by atoms with Crippen LogP contribution in [0.5, 0.6) is 0 Å². The Labute approximate surface area is 140 Å². The van der Waals surface area contributed by atoms with Crippen molar-refractivity contribution in [3.63, 3.8) is 0 Å². The largest absolute Gasteiger partial charge is 0.462 e. The van der Waals surface area contributed by atoms with Gasteiger partial charge in [-0.15, -0.1) is 0 Å². The summed E-state index contributed by atoms with van der Waals surface area (Å²) >= 11 is 0. The Morgan fingerprint density at radius 2 is 1.88 bits per heavy atom. The first-order valence-electron chi connectivity index (χ1n) is 7.78. The van der Waals surface area contributed by atoms with Crippen LogP contribution in [0.3, 0.4) is 0 Å². The van der Waals surface area contributed by atoms with E-state index in [4.69, 9.17) is 10.5 Å². The zero-order valence-electron chi connectivity index (χ0n) is 13.4. The van der Waals surface area contributed by atoms with E-state index in [9.17, 15) is 4.79 Å². The summed E-state index contributed by atoms with van der Waals surface area (Å²) in [5.74, 6) is -0.335. The molecule has 120 valence electrons. The molecule has 2 N–H and O–H groups in total. The Morgan fingerprint density at radius 1 is 1.12 bits per heavy atom. The summed E-state index contributed by atoms with van der Waals surface area (Å²) < 4.78 is 5.16. The second kappa shape index (κ2) is 6.96. The number of pyridine rings is 1. The van der Waals surface area contributed by atoms with Crippen molar-refractivity contribution < 1.29 is 9.53 Å². The van der Waals surface area contributed by atoms with E-state index in [2.05, 4.69) is 4.98 Å². The number of hydrogen-bond acceptors (Lipinski definition) is 4. The van der Waals surface area contributed by atoms with Crippen LogP contribution >= 0.6 is 0 Å². The smallest absolute Gasteiger partial charge is 0.338 e. The van der Waals surface area contributed by atoms with Gasteiger partial charge in [-0.25, -0.2) is 9.78 Å². The van der Waals surface area contributed by atoms with Gasteiger partial charge in [0, 0.05) is 11.1 Å². The van der Waals surface area contributed by atoms with Crippen LogP contribution in [0.4, 0.5) is 5.69 Å². The molecule has 4 heteroatoms. The van der Waals surface area contributed by atoms with Gasteiger partial charge < -0.3 is 10.5 Å². The lowest BCUT2D eigenvalue weighted by Gasteiger charge is -2.07. The third-order valence-electron chi connectivity index (χ3n) is 3.61. The molecule has 0 aliphatic carbocycles. The van der Waals surface area contributed by atoms with E-state index < -0.39 is 0 Å². The quantitative estimate of drug-likeness (QED) is 0.579. The van der Waals surface area contributed by atoms with Gasteiger partial charge in [-0.1, -0.05) is 36.4 Å². The van der Waals surface area contributed by atoms with Gasteiger partial charge in [0.1, 0.15) is 0 Å². The van der Waals surface area contributed by atoms with Crippen molar-refractivity contribution in [1.82, 2.24) is 4.98 Å². The molecular formula is C20H18N2O2. The number of nitrogens with two attached hydrogens (primary N) is 1. The summed E-state index contributed by atoms with van der Waals surface area (Å²) in [6.07, 6.45) is 3.81. The molecule has 0 fully saturated rings. The molecule has 2 aromatic carbocycles. The minimum atomic E-state index is -0.335. The van der Waals surface area contributed by atoms with Gasteiger partial charge in [0.05, 0.1) is 23.4 Å². The molecule has 0 saturated heterocycles. The number of nitrogens with zero attached hydrogens (tertiary/aromatic N) is 1. The fourth-order valence-electron chi connectivity index (χ4n) is 2.45. The average molecular weight is 318 g/mol. The van der Waals surface area contributed by atoms with Gasteiger partial charge in [0.25, 0.3) is 0 Å². The summed E-state index contributed by atoms with van der Waals surface area (Å²) in [5, 5.41) is 0.792. The molecule has 1 heterocycles. The van der Waals surface area contributed by atoms with E-state index in [-0.39, 0.29) is 5.97 Å². The summed E-state index contributed by atoms with van der Waals surface area (Å²) in [7, 11) is 0. The maximum atomic E-state index is 12.2. The third-order valence-corrected chi connectivity index (χ3v) is 3.61. The van der Waals surface area contributed by atoms with Gasteiger partial charge in [-0.05, 0) is 42.8 Å². The van der Waals surface area contributed by atoms with E-state index in [1.54, 1.807) is 13.0 Å². The molecule has 1 aromatic heterocycles. The van der Waals surface area contributed by atoms with Crippen molar-refractivity contribution in [3.8, 4) is 0 Å². The fourth-order valence-corrected chi connectivity index (χ4v) is 2.45. The molecule has 0 aliphatic rings. The summed E-state index contributed by atoms with van der Waals surface area (Å²) in [5.41, 5.74) is 9.42. The summed E-state index contributed by atoms with van der Waals surface area (Å²) in [6, 6.07) is 16.9. The zero-order valence-corrected chi connectivity index (χ0v) is 13.4. The lowest BCUT2D eigenvalue weighted by molar-refractivity contribution is 0.0528. The van der Waals surface area contributed by atoms with E-state index in [1.165, 1.54) is 0 Å². The number of ether oxygens (including phenoxy) is 1. The maximum absolute atomic E-state index is 12.2. The normalized spacial score (nSPS) is 11.0. The van der Waals surface area contributed by atoms with Crippen molar-refractivity contribution in [1.29, 1.82) is 0 Å². The monoisotopic (exact) mass is 318 g/mol. The number of anilines is 1. The number of fused-ring (bicyclic) bond motifs is 1. The molecule has 0 atom stereocenters. The third kappa shape index (κ3) is 3.43. The van der Waals surface area contributed by atoms with Crippen LogP contribution in [0.15, 0.2) is 54.6 Å². The van der Waals surface area contributed by atoms with Crippen LogP contribution in [0.25, 0.3) is 23.1 Å². The Kier molecular flexibility index (Phi) is 4.57. The highest BCUT2D eigenvalue weighted by Gasteiger charge is 2.12. The van der Waals surface area contributed by atoms with Gasteiger partial charge in [-0.3, -0.25) is 0 Å². The average Bonchev–Trinajstić information content (AvgIpc) is 2.60. The van der Waals surface area contributed by atoms with E-state index in [0.29, 0.717) is 17.9 Å². The fraction of sp³-hybridized carbons (Fsp3) is 0.100. The number of hydrogen-bond donors (Lipinski definition) is 1. The van der Waals surface area contributed by atoms with Crippen LogP contribution in [-0.2, 0) is 4.74 Å². The topological polar surface area (TPSA) is 65.2 Å².